The lowest BCUT2D eigenvalue weighted by Crippen LogP contribution is -2.27. The summed E-state index contributed by atoms with van der Waals surface area (Å²) in [4.78, 5) is 21.3. The van der Waals surface area contributed by atoms with Crippen molar-refractivity contribution in [2.24, 2.45) is 0 Å². The fourth-order valence-electron chi connectivity index (χ4n) is 3.18. The van der Waals surface area contributed by atoms with Gasteiger partial charge in [0.1, 0.15) is 11.6 Å². The molecule has 1 amide bonds. The molecule has 0 saturated heterocycles. The van der Waals surface area contributed by atoms with E-state index in [2.05, 4.69) is 15.3 Å². The van der Waals surface area contributed by atoms with E-state index in [0.717, 1.165) is 17.7 Å². The molecule has 11 heteroatoms. The van der Waals surface area contributed by atoms with Crippen molar-refractivity contribution < 1.29 is 36.9 Å². The van der Waals surface area contributed by atoms with Gasteiger partial charge >= 0.3 is 6.18 Å². The van der Waals surface area contributed by atoms with E-state index in [1.54, 1.807) is 27.7 Å². The number of nitrogens with zero attached hydrogens (tertiary/aromatic N) is 2. The Morgan fingerprint density at radius 1 is 1.19 bits per heavy atom. The van der Waals surface area contributed by atoms with Crippen LogP contribution in [0, 0.1) is 12.7 Å². The quantitative estimate of drug-likeness (QED) is 0.267. The number of aromatic nitrogens is 2. The number of aryl methyl sites for hydroxylation is 1. The summed E-state index contributed by atoms with van der Waals surface area (Å²) in [6.45, 7) is 6.49. The predicted molar refractivity (Wildman–Crippen MR) is 125 cm³/mol. The maximum Gasteiger partial charge on any atom is 0.422 e. The summed E-state index contributed by atoms with van der Waals surface area (Å²) in [5.74, 6) is -1.77. The van der Waals surface area contributed by atoms with Crippen LogP contribution in [-0.4, -0.2) is 40.9 Å². The lowest BCUT2D eigenvalue weighted by atomic mass is 10.0. The molecule has 2 rings (SSSR count). The molecular weight excluding hydrogens is 482 g/mol. The summed E-state index contributed by atoms with van der Waals surface area (Å²) in [6.07, 6.45) is -2.92. The molecule has 0 spiro atoms. The Hall–Kier alpha value is -3.47. The van der Waals surface area contributed by atoms with Crippen molar-refractivity contribution in [3.63, 3.8) is 0 Å². The Morgan fingerprint density at radius 2 is 1.86 bits per heavy atom. The van der Waals surface area contributed by atoms with E-state index in [-0.39, 0.29) is 17.0 Å². The first kappa shape index (κ1) is 28.8. The third-order valence-corrected chi connectivity index (χ3v) is 5.59. The number of benzene rings is 1. The summed E-state index contributed by atoms with van der Waals surface area (Å²) < 4.78 is 64.1. The van der Waals surface area contributed by atoms with E-state index in [0.29, 0.717) is 29.1 Å². The fraction of sp³-hybridized carbons (Fsp3) is 0.400. The van der Waals surface area contributed by atoms with Crippen LogP contribution in [0.3, 0.4) is 0 Å². The minimum absolute atomic E-state index is 0.0390. The second-order valence-electron chi connectivity index (χ2n) is 8.03. The first-order chi connectivity index (χ1) is 16.8. The van der Waals surface area contributed by atoms with Gasteiger partial charge in [0.25, 0.3) is 5.91 Å². The Kier molecular flexibility index (Phi) is 9.57. The Bertz CT molecular complexity index is 1190. The average molecular weight is 512 g/mol. The number of nitrogens with one attached hydrogen (secondary N) is 1. The molecule has 0 aliphatic carbocycles. The van der Waals surface area contributed by atoms with Crippen LogP contribution in [0.2, 0.25) is 0 Å². The number of carbonyl (C=O) groups excluding carboxylic acids is 1. The number of alkyl halides is 3. The number of halogens is 4. The zero-order valence-electron chi connectivity index (χ0n) is 20.9. The normalized spacial score (nSPS) is 13.1. The maximum atomic E-state index is 15.2. The lowest BCUT2D eigenvalue weighted by Gasteiger charge is -2.19. The Morgan fingerprint density at radius 3 is 2.42 bits per heavy atom. The van der Waals surface area contributed by atoms with Gasteiger partial charge in [0, 0.05) is 16.8 Å². The average Bonchev–Trinajstić information content (AvgIpc) is 2.84. The highest BCUT2D eigenvalue weighted by Crippen LogP contribution is 2.32. The SMILES string of the molecule is CC/C(C)=C(NC(=O)c1cc(F)c(-c2cnc(C)c(CO)n2)cc1OCC(F)(F)F)\C(C)=C(/C)OC. The van der Waals surface area contributed by atoms with Crippen LogP contribution in [0.4, 0.5) is 17.6 Å². The molecule has 0 saturated carbocycles. The molecule has 0 aliphatic heterocycles. The molecule has 2 N–H and O–H groups in total. The second-order valence-corrected chi connectivity index (χ2v) is 8.03. The van der Waals surface area contributed by atoms with Crippen molar-refractivity contribution in [2.75, 3.05) is 13.7 Å². The summed E-state index contributed by atoms with van der Waals surface area (Å²) in [6, 6.07) is 1.76. The number of rotatable bonds is 9. The standard InChI is InChI=1S/C25H29F4N3O4/c1-7-13(2)23(14(3)16(5)35-6)32-24(34)18-8-19(26)17(9-22(18)36-12-25(27,28)29)20-10-30-15(4)21(11-33)31-20/h8-10,33H,7,11-12H2,1-6H3,(H,32,34)/b16-14+,23-13+. The molecule has 7 nitrogen and oxygen atoms in total. The molecule has 0 unspecified atom stereocenters. The van der Waals surface area contributed by atoms with Crippen molar-refractivity contribution in [3.05, 3.63) is 63.7 Å². The molecule has 36 heavy (non-hydrogen) atoms. The molecule has 196 valence electrons. The number of carbonyl (C=O) groups is 1. The molecule has 0 aliphatic rings. The molecule has 1 aromatic carbocycles. The molecule has 0 radical (unpaired) electrons. The highest BCUT2D eigenvalue weighted by atomic mass is 19.4. The number of amides is 1. The van der Waals surface area contributed by atoms with Gasteiger partial charge in [0.15, 0.2) is 6.61 Å². The topological polar surface area (TPSA) is 93.6 Å². The number of aliphatic hydroxyl groups excluding tert-OH is 1. The molecule has 1 heterocycles. The molecular formula is C25H29F4N3O4. The van der Waals surface area contributed by atoms with E-state index < -0.39 is 42.4 Å². The number of methoxy groups -OCH3 is 1. The van der Waals surface area contributed by atoms with Gasteiger partial charge in [0.05, 0.1) is 48.3 Å². The number of ether oxygens (including phenoxy) is 2. The van der Waals surface area contributed by atoms with E-state index >= 15 is 4.39 Å². The summed E-state index contributed by atoms with van der Waals surface area (Å²) in [7, 11) is 1.47. The van der Waals surface area contributed by atoms with Gasteiger partial charge in [0.2, 0.25) is 0 Å². The van der Waals surface area contributed by atoms with E-state index in [4.69, 9.17) is 9.47 Å². The minimum Gasteiger partial charge on any atom is -0.501 e. The number of hydrogen-bond acceptors (Lipinski definition) is 6. The highest BCUT2D eigenvalue weighted by Gasteiger charge is 2.30. The molecule has 0 fully saturated rings. The Labute approximate surface area is 206 Å². The monoisotopic (exact) mass is 511 g/mol. The van der Waals surface area contributed by atoms with Crippen LogP contribution in [0.15, 0.2) is 40.9 Å². The van der Waals surface area contributed by atoms with Crippen LogP contribution < -0.4 is 10.1 Å². The van der Waals surface area contributed by atoms with Crippen LogP contribution >= 0.6 is 0 Å². The molecule has 0 bridgehead atoms. The van der Waals surface area contributed by atoms with Gasteiger partial charge in [-0.05, 0) is 51.8 Å². The van der Waals surface area contributed by atoms with Crippen LogP contribution in [0.5, 0.6) is 5.75 Å². The van der Waals surface area contributed by atoms with Crippen LogP contribution in [-0.2, 0) is 11.3 Å². The zero-order valence-corrected chi connectivity index (χ0v) is 20.9. The van der Waals surface area contributed by atoms with Gasteiger partial charge < -0.3 is 19.9 Å². The highest BCUT2D eigenvalue weighted by molar-refractivity contribution is 5.99. The minimum atomic E-state index is -4.70. The summed E-state index contributed by atoms with van der Waals surface area (Å²) in [5.41, 5.74) is 1.65. The molecule has 0 atom stereocenters. The first-order valence-corrected chi connectivity index (χ1v) is 11.0. The maximum absolute atomic E-state index is 15.2. The van der Waals surface area contributed by atoms with Crippen LogP contribution in [0.1, 0.15) is 55.9 Å². The zero-order chi connectivity index (χ0) is 27.2. The third-order valence-electron chi connectivity index (χ3n) is 5.59. The lowest BCUT2D eigenvalue weighted by molar-refractivity contribution is -0.153. The predicted octanol–water partition coefficient (Wildman–Crippen LogP) is 5.38. The van der Waals surface area contributed by atoms with E-state index in [9.17, 15) is 23.1 Å². The van der Waals surface area contributed by atoms with Gasteiger partial charge in [-0.25, -0.2) is 9.37 Å². The van der Waals surface area contributed by atoms with Gasteiger partial charge in [-0.2, -0.15) is 13.2 Å². The van der Waals surface area contributed by atoms with Crippen molar-refractivity contribution in [1.29, 1.82) is 0 Å². The van der Waals surface area contributed by atoms with E-state index in [1.807, 2.05) is 6.92 Å². The van der Waals surface area contributed by atoms with Gasteiger partial charge in [-0.3, -0.25) is 9.78 Å². The summed E-state index contributed by atoms with van der Waals surface area (Å²) >= 11 is 0. The van der Waals surface area contributed by atoms with Gasteiger partial charge in [-0.15, -0.1) is 0 Å². The molecule has 2 aromatic rings. The second kappa shape index (κ2) is 12.0. The smallest absolute Gasteiger partial charge is 0.422 e. The summed E-state index contributed by atoms with van der Waals surface area (Å²) in [5, 5.41) is 12.1. The number of hydrogen-bond donors (Lipinski definition) is 2. The first-order valence-electron chi connectivity index (χ1n) is 11.0. The van der Waals surface area contributed by atoms with E-state index in [1.165, 1.54) is 13.3 Å². The largest absolute Gasteiger partial charge is 0.501 e. The number of allylic oxidation sites excluding steroid dienone is 3. The van der Waals surface area contributed by atoms with Crippen molar-refractivity contribution >= 4 is 5.91 Å². The Balaban J connectivity index is 2.63. The molecule has 1 aromatic heterocycles. The number of aliphatic hydroxyl groups is 1. The van der Waals surface area contributed by atoms with Crippen molar-refractivity contribution in [2.45, 2.75) is 53.8 Å². The van der Waals surface area contributed by atoms with Crippen molar-refractivity contribution in [1.82, 2.24) is 15.3 Å². The van der Waals surface area contributed by atoms with Crippen molar-refractivity contribution in [3.8, 4) is 17.0 Å². The fourth-order valence-corrected chi connectivity index (χ4v) is 3.18. The van der Waals surface area contributed by atoms with Crippen LogP contribution in [0.25, 0.3) is 11.3 Å². The van der Waals surface area contributed by atoms with Gasteiger partial charge in [-0.1, -0.05) is 6.92 Å². The third kappa shape index (κ3) is 7.03.